The molecule has 1 aromatic carbocycles. The molecular weight excluding hydrogens is 371 g/mol. The molecule has 88 valence electrons. The second-order valence-electron chi connectivity index (χ2n) is 3.45. The van der Waals surface area contributed by atoms with Gasteiger partial charge in [-0.15, -0.1) is 0 Å². The highest BCUT2D eigenvalue weighted by atomic mass is 79.9. The van der Waals surface area contributed by atoms with Gasteiger partial charge >= 0.3 is 0 Å². The molecule has 0 aliphatic carbocycles. The van der Waals surface area contributed by atoms with E-state index in [0.717, 1.165) is 15.7 Å². The van der Waals surface area contributed by atoms with E-state index in [9.17, 15) is 4.39 Å². The highest BCUT2D eigenvalue weighted by Gasteiger charge is 2.09. The molecule has 0 fully saturated rings. The summed E-state index contributed by atoms with van der Waals surface area (Å²) in [7, 11) is 0. The lowest BCUT2D eigenvalue weighted by Gasteiger charge is -2.07. The van der Waals surface area contributed by atoms with Crippen LogP contribution < -0.4 is 0 Å². The van der Waals surface area contributed by atoms with Crippen molar-refractivity contribution in [3.05, 3.63) is 43.3 Å². The lowest BCUT2D eigenvalue weighted by molar-refractivity contribution is 0.627. The van der Waals surface area contributed by atoms with Crippen LogP contribution in [0.1, 0.15) is 5.69 Å². The third-order valence-electron chi connectivity index (χ3n) is 2.22. The Morgan fingerprint density at radius 3 is 2.65 bits per heavy atom. The van der Waals surface area contributed by atoms with Crippen molar-refractivity contribution in [3.63, 3.8) is 0 Å². The number of nitrogens with zero attached hydrogens (tertiary/aromatic N) is 1. The van der Waals surface area contributed by atoms with Crippen molar-refractivity contribution in [1.29, 1.82) is 0 Å². The molecule has 17 heavy (non-hydrogen) atoms. The second kappa shape index (κ2) is 4.96. The van der Waals surface area contributed by atoms with Crippen LogP contribution in [0.25, 0.3) is 11.4 Å². The fraction of sp³-hybridized carbons (Fsp3) is 0.0909. The summed E-state index contributed by atoms with van der Waals surface area (Å²) in [5.74, 6) is 0.315. The standard InChI is InChI=1S/C11H7Br2FN2S/c1-5-9(13)11(17)16-10(15-5)7-3-2-6(14)4-8(7)12/h2-4H,1H3,(H,15,16,17). The molecule has 0 amide bonds. The average molecular weight is 378 g/mol. The normalized spacial score (nSPS) is 10.6. The minimum Gasteiger partial charge on any atom is -0.342 e. The second-order valence-corrected chi connectivity index (χ2v) is 5.49. The smallest absolute Gasteiger partial charge is 0.144 e. The Morgan fingerprint density at radius 2 is 2.06 bits per heavy atom. The molecule has 2 nitrogen and oxygen atoms in total. The van der Waals surface area contributed by atoms with E-state index < -0.39 is 0 Å². The van der Waals surface area contributed by atoms with Crippen LogP contribution in [-0.4, -0.2) is 9.97 Å². The van der Waals surface area contributed by atoms with E-state index in [0.29, 0.717) is 14.9 Å². The van der Waals surface area contributed by atoms with Crippen molar-refractivity contribution in [3.8, 4) is 11.4 Å². The number of rotatable bonds is 1. The maximum absolute atomic E-state index is 13.0. The fourth-order valence-corrected chi connectivity index (χ4v) is 2.35. The Morgan fingerprint density at radius 1 is 1.35 bits per heavy atom. The summed E-state index contributed by atoms with van der Waals surface area (Å²) in [6.07, 6.45) is 0. The largest absolute Gasteiger partial charge is 0.342 e. The van der Waals surface area contributed by atoms with Crippen LogP contribution in [0.2, 0.25) is 0 Å². The summed E-state index contributed by atoms with van der Waals surface area (Å²) in [5.41, 5.74) is 1.66. The van der Waals surface area contributed by atoms with Crippen molar-refractivity contribution in [2.45, 2.75) is 6.92 Å². The van der Waals surface area contributed by atoms with Gasteiger partial charge in [-0.3, -0.25) is 0 Å². The molecule has 0 aliphatic heterocycles. The van der Waals surface area contributed by atoms with Crippen molar-refractivity contribution in [2.24, 2.45) is 0 Å². The number of aromatic amines is 1. The van der Waals surface area contributed by atoms with Gasteiger partial charge in [0.2, 0.25) is 0 Å². The van der Waals surface area contributed by atoms with Gasteiger partial charge in [-0.2, -0.15) is 0 Å². The number of benzene rings is 1. The fourth-order valence-electron chi connectivity index (χ4n) is 1.38. The Labute approximate surface area is 120 Å². The van der Waals surface area contributed by atoms with E-state index in [1.54, 1.807) is 6.07 Å². The molecule has 0 spiro atoms. The number of hydrogen-bond acceptors (Lipinski definition) is 2. The van der Waals surface area contributed by atoms with Gasteiger partial charge in [-0.25, -0.2) is 9.37 Å². The highest BCUT2D eigenvalue weighted by Crippen LogP contribution is 2.27. The Kier molecular flexibility index (Phi) is 3.75. The van der Waals surface area contributed by atoms with E-state index in [-0.39, 0.29) is 5.82 Å². The number of nitrogens with one attached hydrogen (secondary N) is 1. The molecule has 0 saturated heterocycles. The molecule has 0 aliphatic rings. The van der Waals surface area contributed by atoms with Gasteiger partial charge in [-0.1, -0.05) is 12.2 Å². The van der Waals surface area contributed by atoms with Gasteiger partial charge < -0.3 is 4.98 Å². The van der Waals surface area contributed by atoms with Gasteiger partial charge in [0.15, 0.2) is 0 Å². The molecule has 1 aromatic heterocycles. The quantitative estimate of drug-likeness (QED) is 0.724. The number of halogens is 3. The predicted molar refractivity (Wildman–Crippen MR) is 75.0 cm³/mol. The molecule has 1 heterocycles. The lowest BCUT2D eigenvalue weighted by Crippen LogP contribution is -1.95. The topological polar surface area (TPSA) is 28.7 Å². The van der Waals surface area contributed by atoms with Crippen molar-refractivity contribution < 1.29 is 4.39 Å². The summed E-state index contributed by atoms with van der Waals surface area (Å²) < 4.78 is 14.9. The van der Waals surface area contributed by atoms with Crippen LogP contribution in [0.5, 0.6) is 0 Å². The maximum Gasteiger partial charge on any atom is 0.144 e. The average Bonchev–Trinajstić information content (AvgIpc) is 2.25. The maximum atomic E-state index is 13.0. The minimum atomic E-state index is -0.298. The SMILES string of the molecule is Cc1[nH]c(-c2ccc(F)cc2Br)nc(=S)c1Br. The zero-order valence-electron chi connectivity index (χ0n) is 8.72. The molecule has 0 atom stereocenters. The molecule has 0 unspecified atom stereocenters. The first kappa shape index (κ1) is 12.9. The van der Waals surface area contributed by atoms with Crippen molar-refractivity contribution in [1.82, 2.24) is 9.97 Å². The molecule has 6 heteroatoms. The van der Waals surface area contributed by atoms with E-state index in [2.05, 4.69) is 41.8 Å². The van der Waals surface area contributed by atoms with Gasteiger partial charge in [0.05, 0.1) is 4.47 Å². The Bertz CT molecular complexity index is 640. The third-order valence-corrected chi connectivity index (χ3v) is 4.41. The minimum absolute atomic E-state index is 0.298. The number of aromatic nitrogens is 2. The van der Waals surface area contributed by atoms with Crippen LogP contribution in [0.4, 0.5) is 4.39 Å². The summed E-state index contributed by atoms with van der Waals surface area (Å²) in [5, 5.41) is 0. The van der Waals surface area contributed by atoms with Crippen LogP contribution in [-0.2, 0) is 0 Å². The van der Waals surface area contributed by atoms with Crippen LogP contribution in [0, 0.1) is 17.4 Å². The Balaban J connectivity index is 2.65. The van der Waals surface area contributed by atoms with Crippen LogP contribution in [0.3, 0.4) is 0 Å². The predicted octanol–water partition coefficient (Wildman–Crippen LogP) is 4.78. The zero-order valence-corrected chi connectivity index (χ0v) is 12.7. The number of H-pyrrole nitrogens is 1. The van der Waals surface area contributed by atoms with Crippen LogP contribution in [0.15, 0.2) is 27.1 Å². The molecule has 0 bridgehead atoms. The van der Waals surface area contributed by atoms with E-state index in [4.69, 9.17) is 12.2 Å². The van der Waals surface area contributed by atoms with Gasteiger partial charge in [0, 0.05) is 15.7 Å². The summed E-state index contributed by atoms with van der Waals surface area (Å²) in [6.45, 7) is 1.89. The van der Waals surface area contributed by atoms with E-state index in [1.165, 1.54) is 12.1 Å². The van der Waals surface area contributed by atoms with Gasteiger partial charge in [0.25, 0.3) is 0 Å². The summed E-state index contributed by atoms with van der Waals surface area (Å²) >= 11 is 11.8. The molecule has 2 rings (SSSR count). The van der Waals surface area contributed by atoms with Gasteiger partial charge in [-0.05, 0) is 57.0 Å². The van der Waals surface area contributed by atoms with Crippen molar-refractivity contribution >= 4 is 44.1 Å². The molecule has 2 aromatic rings. The van der Waals surface area contributed by atoms with E-state index in [1.807, 2.05) is 6.92 Å². The molecule has 0 saturated carbocycles. The van der Waals surface area contributed by atoms with Crippen LogP contribution >= 0.6 is 44.1 Å². The monoisotopic (exact) mass is 376 g/mol. The first-order valence-corrected chi connectivity index (χ1v) is 6.70. The zero-order chi connectivity index (χ0) is 12.6. The van der Waals surface area contributed by atoms with Gasteiger partial charge in [0.1, 0.15) is 16.3 Å². The lowest BCUT2D eigenvalue weighted by atomic mass is 10.2. The Hall–Kier alpha value is -0.590. The van der Waals surface area contributed by atoms with E-state index >= 15 is 0 Å². The number of hydrogen-bond donors (Lipinski definition) is 1. The molecule has 0 radical (unpaired) electrons. The number of aryl methyl sites for hydroxylation is 1. The third kappa shape index (κ3) is 2.64. The van der Waals surface area contributed by atoms with Crippen molar-refractivity contribution in [2.75, 3.05) is 0 Å². The first-order chi connectivity index (χ1) is 7.99. The first-order valence-electron chi connectivity index (χ1n) is 4.71. The highest BCUT2D eigenvalue weighted by molar-refractivity contribution is 9.11. The molecular formula is C11H7Br2FN2S. The summed E-state index contributed by atoms with van der Waals surface area (Å²) in [4.78, 5) is 7.37. The summed E-state index contributed by atoms with van der Waals surface area (Å²) in [6, 6.07) is 4.43. The molecule has 1 N–H and O–H groups in total.